The molecular formula is C18H24N2OS. The molecule has 0 unspecified atom stereocenters. The number of thioether (sulfide) groups is 1. The fraction of sp³-hybridized carbons (Fsp3) is 0.389. The Bertz CT molecular complexity index is 619. The molecule has 2 rings (SSSR count). The number of carbonyl (C=O) groups is 1. The summed E-state index contributed by atoms with van der Waals surface area (Å²) in [6.45, 7) is 7.41. The van der Waals surface area contributed by atoms with Crippen LogP contribution in [0.3, 0.4) is 0 Å². The summed E-state index contributed by atoms with van der Waals surface area (Å²) in [4.78, 5) is 16.2. The lowest BCUT2D eigenvalue weighted by Gasteiger charge is -2.21. The van der Waals surface area contributed by atoms with Crippen LogP contribution in [0.4, 0.5) is 5.69 Å². The van der Waals surface area contributed by atoms with Crippen LogP contribution >= 0.6 is 11.8 Å². The van der Waals surface area contributed by atoms with E-state index in [1.807, 2.05) is 31.3 Å². The number of nitrogens with one attached hydrogen (secondary N) is 1. The monoisotopic (exact) mass is 316 g/mol. The Morgan fingerprint density at radius 3 is 2.73 bits per heavy atom. The van der Waals surface area contributed by atoms with Gasteiger partial charge in [0.1, 0.15) is 0 Å². The molecule has 0 spiro atoms. The maximum absolute atomic E-state index is 12.6. The van der Waals surface area contributed by atoms with Gasteiger partial charge in [-0.1, -0.05) is 37.2 Å². The Hall–Kier alpha value is -1.68. The normalized spacial score (nSPS) is 16.5. The number of anilines is 1. The van der Waals surface area contributed by atoms with Crippen LogP contribution in [0, 0.1) is 0 Å². The van der Waals surface area contributed by atoms with Gasteiger partial charge in [0, 0.05) is 41.5 Å². The van der Waals surface area contributed by atoms with Crippen molar-refractivity contribution < 1.29 is 4.79 Å². The molecular weight excluding hydrogens is 292 g/mol. The predicted octanol–water partition coefficient (Wildman–Crippen LogP) is 4.85. The van der Waals surface area contributed by atoms with Gasteiger partial charge >= 0.3 is 0 Å². The molecule has 0 saturated heterocycles. The van der Waals surface area contributed by atoms with Crippen molar-refractivity contribution in [1.82, 2.24) is 4.90 Å². The summed E-state index contributed by atoms with van der Waals surface area (Å²) in [7, 11) is 1.84. The van der Waals surface area contributed by atoms with E-state index in [0.29, 0.717) is 0 Å². The Kier molecular flexibility index (Phi) is 5.72. The molecule has 1 aromatic carbocycles. The van der Waals surface area contributed by atoms with Crippen molar-refractivity contribution in [2.75, 3.05) is 18.9 Å². The summed E-state index contributed by atoms with van der Waals surface area (Å²) in [5.41, 5.74) is 2.85. The van der Waals surface area contributed by atoms with Crippen molar-refractivity contribution in [3.63, 3.8) is 0 Å². The van der Waals surface area contributed by atoms with E-state index in [4.69, 9.17) is 0 Å². The average molecular weight is 316 g/mol. The minimum Gasteiger partial charge on any atom is -0.388 e. The van der Waals surface area contributed by atoms with E-state index in [0.717, 1.165) is 35.7 Å². The van der Waals surface area contributed by atoms with Crippen LogP contribution in [0.1, 0.15) is 44.0 Å². The van der Waals surface area contributed by atoms with E-state index in [1.165, 1.54) is 10.6 Å². The minimum absolute atomic E-state index is 0.0523. The summed E-state index contributed by atoms with van der Waals surface area (Å²) in [6, 6.07) is 7.63. The Labute approximate surface area is 137 Å². The molecule has 0 saturated carbocycles. The number of ketones is 1. The van der Waals surface area contributed by atoms with Crippen LogP contribution in [-0.2, 0) is 0 Å². The first-order chi connectivity index (χ1) is 10.6. The maximum Gasteiger partial charge on any atom is 0.190 e. The second-order valence-corrected chi connectivity index (χ2v) is 6.63. The number of carbonyl (C=O) groups excluding carboxylic acids is 1. The molecule has 1 aliphatic rings. The highest BCUT2D eigenvalue weighted by Crippen LogP contribution is 2.40. The lowest BCUT2D eigenvalue weighted by Crippen LogP contribution is -2.18. The van der Waals surface area contributed by atoms with Crippen molar-refractivity contribution in [2.45, 2.75) is 33.6 Å². The van der Waals surface area contributed by atoms with Crippen LogP contribution in [0.2, 0.25) is 0 Å². The van der Waals surface area contributed by atoms with E-state index in [-0.39, 0.29) is 5.78 Å². The second kappa shape index (κ2) is 7.54. The fourth-order valence-corrected chi connectivity index (χ4v) is 3.52. The van der Waals surface area contributed by atoms with Crippen LogP contribution in [0.25, 0.3) is 0 Å². The average Bonchev–Trinajstić information content (AvgIpc) is 2.79. The van der Waals surface area contributed by atoms with Crippen LogP contribution in [-0.4, -0.2) is 24.3 Å². The third-order valence-corrected chi connectivity index (χ3v) is 5.04. The summed E-state index contributed by atoms with van der Waals surface area (Å²) >= 11 is 1.69. The molecule has 0 atom stereocenters. The predicted molar refractivity (Wildman–Crippen MR) is 96.0 cm³/mol. The van der Waals surface area contributed by atoms with Crippen molar-refractivity contribution in [2.24, 2.45) is 0 Å². The number of hydrogen-bond donors (Lipinski definition) is 1. The van der Waals surface area contributed by atoms with Crippen molar-refractivity contribution in [3.05, 3.63) is 51.5 Å². The van der Waals surface area contributed by atoms with Gasteiger partial charge < -0.3 is 10.2 Å². The first-order valence-electron chi connectivity index (χ1n) is 7.74. The zero-order valence-electron chi connectivity index (χ0n) is 13.8. The van der Waals surface area contributed by atoms with Crippen LogP contribution < -0.4 is 5.32 Å². The standard InChI is InChI=1S/C18H24N2OS/c1-5-6-11-20-13(2)14(3)22-18(20)12-17(21)15-9-7-8-10-16(15)19-4/h7-10,12,19H,5-6,11H2,1-4H3/b18-12-. The van der Waals surface area contributed by atoms with Crippen molar-refractivity contribution in [3.8, 4) is 0 Å². The molecule has 1 N–H and O–H groups in total. The van der Waals surface area contributed by atoms with Crippen LogP contribution in [0.15, 0.2) is 46.0 Å². The summed E-state index contributed by atoms with van der Waals surface area (Å²) < 4.78 is 0. The molecule has 118 valence electrons. The number of unbranched alkanes of at least 4 members (excludes halogenated alkanes) is 1. The number of para-hydroxylation sites is 1. The molecule has 0 amide bonds. The summed E-state index contributed by atoms with van der Waals surface area (Å²) in [5.74, 6) is 0.0523. The van der Waals surface area contributed by atoms with E-state index in [1.54, 1.807) is 17.8 Å². The second-order valence-electron chi connectivity index (χ2n) is 5.39. The van der Waals surface area contributed by atoms with E-state index in [2.05, 4.69) is 31.0 Å². The van der Waals surface area contributed by atoms with Crippen LogP contribution in [0.5, 0.6) is 0 Å². The van der Waals surface area contributed by atoms with Gasteiger partial charge in [-0.05, 0) is 32.4 Å². The molecule has 0 radical (unpaired) electrons. The fourth-order valence-electron chi connectivity index (χ4n) is 2.45. The molecule has 1 aliphatic heterocycles. The van der Waals surface area contributed by atoms with E-state index >= 15 is 0 Å². The van der Waals surface area contributed by atoms with Gasteiger partial charge in [0.25, 0.3) is 0 Å². The quantitative estimate of drug-likeness (QED) is 0.600. The highest BCUT2D eigenvalue weighted by molar-refractivity contribution is 8.06. The lowest BCUT2D eigenvalue weighted by molar-refractivity contribution is 0.104. The molecule has 3 nitrogen and oxygen atoms in total. The molecule has 0 bridgehead atoms. The number of rotatable bonds is 6. The van der Waals surface area contributed by atoms with Gasteiger partial charge in [-0.2, -0.15) is 0 Å². The third kappa shape index (κ3) is 3.55. The molecule has 0 aliphatic carbocycles. The lowest BCUT2D eigenvalue weighted by atomic mass is 10.1. The zero-order chi connectivity index (χ0) is 16.1. The van der Waals surface area contributed by atoms with E-state index in [9.17, 15) is 4.79 Å². The van der Waals surface area contributed by atoms with E-state index < -0.39 is 0 Å². The first-order valence-corrected chi connectivity index (χ1v) is 8.55. The summed E-state index contributed by atoms with van der Waals surface area (Å²) in [6.07, 6.45) is 4.05. The SMILES string of the molecule is CCCCN1C(C)=C(C)S/C1=C\C(=O)c1ccccc1NC. The molecule has 0 fully saturated rings. The third-order valence-electron chi connectivity index (χ3n) is 3.89. The zero-order valence-corrected chi connectivity index (χ0v) is 14.6. The minimum atomic E-state index is 0.0523. The van der Waals surface area contributed by atoms with Crippen molar-refractivity contribution >= 4 is 23.2 Å². The van der Waals surface area contributed by atoms with Gasteiger partial charge in [-0.15, -0.1) is 0 Å². The Morgan fingerprint density at radius 1 is 1.32 bits per heavy atom. The topological polar surface area (TPSA) is 32.3 Å². The molecule has 1 heterocycles. The van der Waals surface area contributed by atoms with Gasteiger partial charge in [0.15, 0.2) is 5.78 Å². The number of hydrogen-bond acceptors (Lipinski definition) is 4. The Morgan fingerprint density at radius 2 is 2.05 bits per heavy atom. The number of benzene rings is 1. The Balaban J connectivity index is 2.26. The highest BCUT2D eigenvalue weighted by Gasteiger charge is 2.23. The molecule has 1 aromatic rings. The summed E-state index contributed by atoms with van der Waals surface area (Å²) in [5, 5.41) is 4.12. The van der Waals surface area contributed by atoms with Gasteiger partial charge in [0.2, 0.25) is 0 Å². The molecule has 0 aromatic heterocycles. The van der Waals surface area contributed by atoms with Gasteiger partial charge in [-0.25, -0.2) is 0 Å². The first kappa shape index (κ1) is 16.7. The smallest absolute Gasteiger partial charge is 0.190 e. The number of nitrogens with zero attached hydrogens (tertiary/aromatic N) is 1. The number of allylic oxidation sites excluding steroid dienone is 3. The maximum atomic E-state index is 12.6. The highest BCUT2D eigenvalue weighted by atomic mass is 32.2. The van der Waals surface area contributed by atoms with Gasteiger partial charge in [0.05, 0.1) is 5.03 Å². The van der Waals surface area contributed by atoms with Crippen molar-refractivity contribution in [1.29, 1.82) is 0 Å². The molecule has 22 heavy (non-hydrogen) atoms. The molecule has 4 heteroatoms. The van der Waals surface area contributed by atoms with Gasteiger partial charge in [-0.3, -0.25) is 4.79 Å². The largest absolute Gasteiger partial charge is 0.388 e.